The van der Waals surface area contributed by atoms with Gasteiger partial charge in [-0.25, -0.2) is 4.79 Å². The van der Waals surface area contributed by atoms with Crippen molar-refractivity contribution in [3.63, 3.8) is 0 Å². The third-order valence-corrected chi connectivity index (χ3v) is 2.60. The van der Waals surface area contributed by atoms with E-state index >= 15 is 0 Å². The highest BCUT2D eigenvalue weighted by Crippen LogP contribution is 2.11. The Labute approximate surface area is 97.6 Å². The van der Waals surface area contributed by atoms with Crippen LogP contribution in [0.5, 0.6) is 0 Å². The third-order valence-electron chi connectivity index (χ3n) is 2.60. The molecule has 1 heterocycles. The van der Waals surface area contributed by atoms with Crippen LogP contribution >= 0.6 is 0 Å². The monoisotopic (exact) mass is 226 g/mol. The fourth-order valence-corrected chi connectivity index (χ4v) is 2.04. The maximum atomic E-state index is 11.3. The van der Waals surface area contributed by atoms with Crippen molar-refractivity contribution in [3.05, 3.63) is 12.2 Å². The van der Waals surface area contributed by atoms with Crippen molar-refractivity contribution < 1.29 is 9.53 Å². The van der Waals surface area contributed by atoms with Gasteiger partial charge in [-0.1, -0.05) is 12.2 Å². The molecule has 0 bridgehead atoms. The van der Waals surface area contributed by atoms with E-state index < -0.39 is 0 Å². The van der Waals surface area contributed by atoms with Gasteiger partial charge in [-0.05, 0) is 33.2 Å². The van der Waals surface area contributed by atoms with Crippen molar-refractivity contribution in [1.82, 2.24) is 10.2 Å². The summed E-state index contributed by atoms with van der Waals surface area (Å²) in [5.41, 5.74) is 1.16. The minimum atomic E-state index is -0.301. The van der Waals surface area contributed by atoms with Crippen molar-refractivity contribution in [1.29, 1.82) is 0 Å². The Morgan fingerprint density at radius 2 is 2.38 bits per heavy atom. The van der Waals surface area contributed by atoms with E-state index in [2.05, 4.69) is 16.8 Å². The van der Waals surface area contributed by atoms with E-state index in [9.17, 15) is 4.79 Å². The molecule has 0 aliphatic carbocycles. The van der Waals surface area contributed by atoms with Crippen LogP contribution in [0.2, 0.25) is 0 Å². The highest BCUT2D eigenvalue weighted by atomic mass is 16.5. The normalized spacial score (nSPS) is 21.5. The molecule has 0 aromatic rings. The number of carbonyl (C=O) groups is 1. The molecule has 0 aromatic heterocycles. The minimum absolute atomic E-state index is 0.215. The van der Waals surface area contributed by atoms with Gasteiger partial charge < -0.3 is 10.1 Å². The second-order valence-electron chi connectivity index (χ2n) is 4.40. The van der Waals surface area contributed by atoms with Crippen LogP contribution in [0.25, 0.3) is 0 Å². The number of piperidine rings is 1. The van der Waals surface area contributed by atoms with Gasteiger partial charge in [-0.15, -0.1) is 0 Å². The Morgan fingerprint density at radius 1 is 1.62 bits per heavy atom. The maximum absolute atomic E-state index is 11.3. The van der Waals surface area contributed by atoms with Crippen molar-refractivity contribution in [2.24, 2.45) is 0 Å². The molecule has 1 aliphatic heterocycles. The summed E-state index contributed by atoms with van der Waals surface area (Å²) in [5, 5.41) is 2.89. The van der Waals surface area contributed by atoms with Gasteiger partial charge in [0.05, 0.1) is 6.61 Å². The van der Waals surface area contributed by atoms with Crippen molar-refractivity contribution in [3.8, 4) is 0 Å². The molecule has 0 aromatic carbocycles. The molecule has 0 radical (unpaired) electrons. The average molecular weight is 226 g/mol. The summed E-state index contributed by atoms with van der Waals surface area (Å²) >= 11 is 0. The fourth-order valence-electron chi connectivity index (χ4n) is 2.04. The van der Waals surface area contributed by atoms with Gasteiger partial charge in [0.2, 0.25) is 0 Å². The van der Waals surface area contributed by atoms with Gasteiger partial charge in [0.25, 0.3) is 0 Å². The molecule has 1 rings (SSSR count). The molecular formula is C12H22N2O2. The maximum Gasteiger partial charge on any atom is 0.407 e. The van der Waals surface area contributed by atoms with Gasteiger partial charge in [0, 0.05) is 19.1 Å². The van der Waals surface area contributed by atoms with E-state index in [1.54, 1.807) is 0 Å². The van der Waals surface area contributed by atoms with E-state index in [0.29, 0.717) is 6.61 Å². The number of ether oxygens (including phenoxy) is 1. The first-order chi connectivity index (χ1) is 7.61. The number of rotatable bonds is 4. The lowest BCUT2D eigenvalue weighted by molar-refractivity contribution is 0.136. The first-order valence-electron chi connectivity index (χ1n) is 5.91. The van der Waals surface area contributed by atoms with Crippen LogP contribution in [0.3, 0.4) is 0 Å². The van der Waals surface area contributed by atoms with Crippen LogP contribution in [0.4, 0.5) is 4.79 Å². The summed E-state index contributed by atoms with van der Waals surface area (Å²) in [6, 6.07) is 0.215. The molecule has 16 heavy (non-hydrogen) atoms. The highest BCUT2D eigenvalue weighted by Gasteiger charge is 2.21. The molecule has 1 N–H and O–H groups in total. The number of hydrogen-bond acceptors (Lipinski definition) is 3. The Morgan fingerprint density at radius 3 is 3.00 bits per heavy atom. The smallest absolute Gasteiger partial charge is 0.407 e. The summed E-state index contributed by atoms with van der Waals surface area (Å²) in [6.07, 6.45) is 1.85. The standard InChI is InChI=1S/C12H22N2O2/c1-4-16-12(15)13-11-6-5-7-14(9-11)8-10(2)3/h11H,2,4-9H2,1,3H3,(H,13,15). The molecule has 4 nitrogen and oxygen atoms in total. The topological polar surface area (TPSA) is 41.6 Å². The Kier molecular flexibility index (Phi) is 5.32. The zero-order valence-corrected chi connectivity index (χ0v) is 10.3. The van der Waals surface area contributed by atoms with Crippen LogP contribution in [0.1, 0.15) is 26.7 Å². The molecule has 4 heteroatoms. The number of alkyl carbamates (subject to hydrolysis) is 1. The molecule has 1 fully saturated rings. The average Bonchev–Trinajstić information content (AvgIpc) is 2.17. The van der Waals surface area contributed by atoms with Crippen molar-refractivity contribution in [2.75, 3.05) is 26.2 Å². The van der Waals surface area contributed by atoms with Gasteiger partial charge >= 0.3 is 6.09 Å². The number of nitrogens with one attached hydrogen (secondary N) is 1. The Balaban J connectivity index is 2.32. The number of nitrogens with zero attached hydrogens (tertiary/aromatic N) is 1. The third kappa shape index (κ3) is 4.66. The van der Waals surface area contributed by atoms with Gasteiger partial charge in [0.15, 0.2) is 0 Å². The second kappa shape index (κ2) is 6.53. The lowest BCUT2D eigenvalue weighted by Crippen LogP contribution is -2.48. The molecule has 1 unspecified atom stereocenters. The fraction of sp³-hybridized carbons (Fsp3) is 0.750. The molecule has 92 valence electrons. The zero-order valence-electron chi connectivity index (χ0n) is 10.3. The first kappa shape index (κ1) is 13.0. The largest absolute Gasteiger partial charge is 0.450 e. The number of hydrogen-bond donors (Lipinski definition) is 1. The van der Waals surface area contributed by atoms with E-state index in [-0.39, 0.29) is 12.1 Å². The second-order valence-corrected chi connectivity index (χ2v) is 4.40. The lowest BCUT2D eigenvalue weighted by Gasteiger charge is -2.32. The first-order valence-corrected chi connectivity index (χ1v) is 5.91. The summed E-state index contributed by atoms with van der Waals surface area (Å²) in [5.74, 6) is 0. The molecule has 0 spiro atoms. The van der Waals surface area contributed by atoms with Crippen LogP contribution in [0.15, 0.2) is 12.2 Å². The van der Waals surface area contributed by atoms with Crippen LogP contribution < -0.4 is 5.32 Å². The summed E-state index contributed by atoms with van der Waals surface area (Å²) < 4.78 is 4.87. The minimum Gasteiger partial charge on any atom is -0.450 e. The van der Waals surface area contributed by atoms with Crippen molar-refractivity contribution in [2.45, 2.75) is 32.7 Å². The van der Waals surface area contributed by atoms with Gasteiger partial charge in [-0.2, -0.15) is 0 Å². The Bertz CT molecular complexity index is 253. The molecule has 1 aliphatic rings. The SMILES string of the molecule is C=C(C)CN1CCCC(NC(=O)OCC)C1. The van der Waals surface area contributed by atoms with Crippen LogP contribution in [-0.2, 0) is 4.74 Å². The summed E-state index contributed by atoms with van der Waals surface area (Å²) in [6.45, 7) is 11.1. The van der Waals surface area contributed by atoms with Crippen LogP contribution in [-0.4, -0.2) is 43.3 Å². The molecule has 0 saturated carbocycles. The molecule has 1 amide bonds. The lowest BCUT2D eigenvalue weighted by atomic mass is 10.1. The van der Waals surface area contributed by atoms with Gasteiger partial charge in [0.1, 0.15) is 0 Å². The molecule has 1 atom stereocenters. The predicted octanol–water partition coefficient (Wildman–Crippen LogP) is 1.77. The van der Waals surface area contributed by atoms with Gasteiger partial charge in [-0.3, -0.25) is 4.90 Å². The number of likely N-dealkylation sites (tertiary alicyclic amines) is 1. The molecular weight excluding hydrogens is 204 g/mol. The predicted molar refractivity (Wildman–Crippen MR) is 64.4 cm³/mol. The van der Waals surface area contributed by atoms with E-state index in [4.69, 9.17) is 4.74 Å². The quantitative estimate of drug-likeness (QED) is 0.743. The van der Waals surface area contributed by atoms with E-state index in [1.807, 2.05) is 13.8 Å². The van der Waals surface area contributed by atoms with E-state index in [1.165, 1.54) is 0 Å². The number of carbonyl (C=O) groups excluding carboxylic acids is 1. The Hall–Kier alpha value is -1.03. The van der Waals surface area contributed by atoms with Crippen LogP contribution in [0, 0.1) is 0 Å². The summed E-state index contributed by atoms with van der Waals surface area (Å²) in [7, 11) is 0. The highest BCUT2D eigenvalue weighted by molar-refractivity contribution is 5.67. The molecule has 1 saturated heterocycles. The van der Waals surface area contributed by atoms with Crippen molar-refractivity contribution >= 4 is 6.09 Å². The zero-order chi connectivity index (χ0) is 12.0. The summed E-state index contributed by atoms with van der Waals surface area (Å²) in [4.78, 5) is 13.6. The van der Waals surface area contributed by atoms with E-state index in [0.717, 1.165) is 38.0 Å². The number of amides is 1.